The van der Waals surface area contributed by atoms with Gasteiger partial charge in [0.15, 0.2) is 0 Å². The molecule has 0 N–H and O–H groups in total. The van der Waals surface area contributed by atoms with Crippen LogP contribution in [-0.4, -0.2) is 55.4 Å². The van der Waals surface area contributed by atoms with Crippen LogP contribution < -0.4 is 0 Å². The van der Waals surface area contributed by atoms with Crippen molar-refractivity contribution < 1.29 is 4.79 Å². The van der Waals surface area contributed by atoms with Crippen molar-refractivity contribution in [3.05, 3.63) is 0 Å². The van der Waals surface area contributed by atoms with E-state index in [1.54, 1.807) is 6.92 Å². The Kier molecular flexibility index (Phi) is 7.71. The van der Waals surface area contributed by atoms with Crippen molar-refractivity contribution in [2.75, 3.05) is 39.8 Å². The molecule has 3 heteroatoms. The largest absolute Gasteiger partial charge is 0.304 e. The van der Waals surface area contributed by atoms with Crippen molar-refractivity contribution in [2.45, 2.75) is 27.2 Å². The van der Waals surface area contributed by atoms with Crippen molar-refractivity contribution in [3.63, 3.8) is 0 Å². The van der Waals surface area contributed by atoms with Gasteiger partial charge in [0.1, 0.15) is 5.78 Å². The zero-order chi connectivity index (χ0) is 11.0. The minimum atomic E-state index is 0.273. The number of piperazine rings is 1. The molecule has 3 nitrogen and oxygen atoms in total. The summed E-state index contributed by atoms with van der Waals surface area (Å²) >= 11 is 0. The average molecular weight is 200 g/mol. The van der Waals surface area contributed by atoms with Crippen molar-refractivity contribution >= 4 is 5.78 Å². The summed E-state index contributed by atoms with van der Waals surface area (Å²) in [6.07, 6.45) is 1.25. The highest BCUT2D eigenvalue weighted by molar-refractivity contribution is 5.77. The van der Waals surface area contributed by atoms with Gasteiger partial charge in [0.2, 0.25) is 0 Å². The fraction of sp³-hybridized carbons (Fsp3) is 0.909. The van der Waals surface area contributed by atoms with Crippen LogP contribution in [0.1, 0.15) is 27.2 Å². The van der Waals surface area contributed by atoms with Crippen LogP contribution in [-0.2, 0) is 4.79 Å². The van der Waals surface area contributed by atoms with E-state index in [2.05, 4.69) is 30.7 Å². The van der Waals surface area contributed by atoms with Gasteiger partial charge in [0.05, 0.1) is 6.54 Å². The maximum Gasteiger partial charge on any atom is 0.143 e. The van der Waals surface area contributed by atoms with Gasteiger partial charge in [-0.25, -0.2) is 0 Å². The molecule has 1 heterocycles. The molecule has 84 valence electrons. The summed E-state index contributed by atoms with van der Waals surface area (Å²) in [6.45, 7) is 10.8. The van der Waals surface area contributed by atoms with Gasteiger partial charge in [-0.05, 0) is 14.0 Å². The molecule has 0 unspecified atom stereocenters. The Hall–Kier alpha value is -0.410. The number of rotatable bonds is 2. The van der Waals surface area contributed by atoms with Crippen molar-refractivity contribution in [2.24, 2.45) is 0 Å². The molecule has 1 saturated heterocycles. The molecule has 0 spiro atoms. The number of carbonyl (C=O) groups is 1. The zero-order valence-electron chi connectivity index (χ0n) is 10.0. The standard InChI is InChI=1S/C8H16N2O.C3H8/c1-8(11)7-10-5-3-9(2)4-6-10;1-3-2/h3-7H2,1-2H3;3H2,1-2H3. The lowest BCUT2D eigenvalue weighted by molar-refractivity contribution is -0.118. The fourth-order valence-corrected chi connectivity index (χ4v) is 1.32. The first-order valence-electron chi connectivity index (χ1n) is 5.50. The Balaban J connectivity index is 0.000000500. The Morgan fingerprint density at radius 2 is 1.57 bits per heavy atom. The highest BCUT2D eigenvalue weighted by Crippen LogP contribution is 1.97. The Labute approximate surface area is 88.1 Å². The number of ketones is 1. The maximum atomic E-state index is 10.7. The third-order valence-electron chi connectivity index (χ3n) is 2.04. The molecule has 0 aromatic rings. The second kappa shape index (κ2) is 7.94. The number of Topliss-reactive ketones (excluding diaryl/α,β-unsaturated/α-hetero) is 1. The van der Waals surface area contributed by atoms with Crippen LogP contribution in [0.25, 0.3) is 0 Å². The predicted molar refractivity (Wildman–Crippen MR) is 60.6 cm³/mol. The summed E-state index contributed by atoms with van der Waals surface area (Å²) < 4.78 is 0. The Morgan fingerprint density at radius 3 is 1.93 bits per heavy atom. The predicted octanol–water partition coefficient (Wildman–Crippen LogP) is 1.24. The summed E-state index contributed by atoms with van der Waals surface area (Å²) in [5.74, 6) is 0.273. The molecular formula is C11H24N2O. The molecule has 0 bridgehead atoms. The first-order chi connectivity index (χ1) is 6.60. The molecule has 0 saturated carbocycles. The number of likely N-dealkylation sites (N-methyl/N-ethyl adjacent to an activating group) is 1. The van der Waals surface area contributed by atoms with Gasteiger partial charge in [-0.2, -0.15) is 0 Å². The van der Waals surface area contributed by atoms with Crippen LogP contribution in [0.2, 0.25) is 0 Å². The first kappa shape index (κ1) is 13.6. The van der Waals surface area contributed by atoms with Crippen LogP contribution in [0.3, 0.4) is 0 Å². The molecule has 14 heavy (non-hydrogen) atoms. The molecule has 1 aliphatic heterocycles. The highest BCUT2D eigenvalue weighted by atomic mass is 16.1. The van der Waals surface area contributed by atoms with E-state index >= 15 is 0 Å². The van der Waals surface area contributed by atoms with E-state index in [1.165, 1.54) is 6.42 Å². The van der Waals surface area contributed by atoms with E-state index in [0.29, 0.717) is 6.54 Å². The van der Waals surface area contributed by atoms with E-state index in [1.807, 2.05) is 0 Å². The lowest BCUT2D eigenvalue weighted by atomic mass is 10.3. The highest BCUT2D eigenvalue weighted by Gasteiger charge is 2.13. The smallest absolute Gasteiger partial charge is 0.143 e. The van der Waals surface area contributed by atoms with Gasteiger partial charge in [-0.1, -0.05) is 20.3 Å². The van der Waals surface area contributed by atoms with E-state index in [0.717, 1.165) is 26.2 Å². The summed E-state index contributed by atoms with van der Waals surface area (Å²) in [4.78, 5) is 15.2. The van der Waals surface area contributed by atoms with Crippen molar-refractivity contribution in [3.8, 4) is 0 Å². The zero-order valence-corrected chi connectivity index (χ0v) is 10.0. The Bertz CT molecular complexity index is 151. The fourth-order valence-electron chi connectivity index (χ4n) is 1.32. The lowest BCUT2D eigenvalue weighted by Crippen LogP contribution is -2.45. The van der Waals surface area contributed by atoms with E-state index in [-0.39, 0.29) is 5.78 Å². The summed E-state index contributed by atoms with van der Waals surface area (Å²) in [5.41, 5.74) is 0. The minimum absolute atomic E-state index is 0.273. The van der Waals surface area contributed by atoms with Crippen LogP contribution >= 0.6 is 0 Å². The number of hydrogen-bond acceptors (Lipinski definition) is 3. The van der Waals surface area contributed by atoms with Gasteiger partial charge in [0, 0.05) is 26.2 Å². The molecule has 0 aromatic carbocycles. The summed E-state index contributed by atoms with van der Waals surface area (Å²) in [5, 5.41) is 0. The second-order valence-electron chi connectivity index (χ2n) is 3.99. The van der Waals surface area contributed by atoms with Crippen LogP contribution in [0.5, 0.6) is 0 Å². The summed E-state index contributed by atoms with van der Waals surface area (Å²) in [7, 11) is 2.12. The molecule has 1 rings (SSSR count). The SMILES string of the molecule is CC(=O)CN1CCN(C)CC1.CCC. The number of hydrogen-bond donors (Lipinski definition) is 0. The lowest BCUT2D eigenvalue weighted by Gasteiger charge is -2.31. The van der Waals surface area contributed by atoms with Crippen molar-refractivity contribution in [1.29, 1.82) is 0 Å². The van der Waals surface area contributed by atoms with Gasteiger partial charge >= 0.3 is 0 Å². The molecule has 0 atom stereocenters. The van der Waals surface area contributed by atoms with Gasteiger partial charge in [0.25, 0.3) is 0 Å². The molecule has 0 aliphatic carbocycles. The first-order valence-corrected chi connectivity index (χ1v) is 5.50. The van der Waals surface area contributed by atoms with E-state index in [9.17, 15) is 4.79 Å². The second-order valence-corrected chi connectivity index (χ2v) is 3.99. The normalized spacial score (nSPS) is 18.6. The maximum absolute atomic E-state index is 10.7. The van der Waals surface area contributed by atoms with E-state index in [4.69, 9.17) is 0 Å². The third kappa shape index (κ3) is 7.04. The van der Waals surface area contributed by atoms with Crippen molar-refractivity contribution in [1.82, 2.24) is 9.80 Å². The minimum Gasteiger partial charge on any atom is -0.304 e. The summed E-state index contributed by atoms with van der Waals surface area (Å²) in [6, 6.07) is 0. The van der Waals surface area contributed by atoms with Crippen LogP contribution in [0.15, 0.2) is 0 Å². The molecule has 0 aromatic heterocycles. The number of carbonyl (C=O) groups excluding carboxylic acids is 1. The van der Waals surface area contributed by atoms with Crippen LogP contribution in [0.4, 0.5) is 0 Å². The topological polar surface area (TPSA) is 23.6 Å². The van der Waals surface area contributed by atoms with Gasteiger partial charge in [-0.15, -0.1) is 0 Å². The average Bonchev–Trinajstić information content (AvgIpc) is 2.09. The Morgan fingerprint density at radius 1 is 1.14 bits per heavy atom. The molecule has 0 radical (unpaired) electrons. The number of nitrogens with zero attached hydrogens (tertiary/aromatic N) is 2. The molecule has 0 amide bonds. The van der Waals surface area contributed by atoms with Gasteiger partial charge < -0.3 is 4.90 Å². The molecule has 1 fully saturated rings. The van der Waals surface area contributed by atoms with E-state index < -0.39 is 0 Å². The van der Waals surface area contributed by atoms with Gasteiger partial charge in [-0.3, -0.25) is 9.69 Å². The quantitative estimate of drug-likeness (QED) is 0.670. The molecule has 1 aliphatic rings. The van der Waals surface area contributed by atoms with Crippen LogP contribution in [0, 0.1) is 0 Å². The third-order valence-corrected chi connectivity index (χ3v) is 2.04. The molecular weight excluding hydrogens is 176 g/mol. The monoisotopic (exact) mass is 200 g/mol.